The van der Waals surface area contributed by atoms with E-state index in [1.165, 1.54) is 17.0 Å². The Kier molecular flexibility index (Phi) is 3.17. The summed E-state index contributed by atoms with van der Waals surface area (Å²) in [6.45, 7) is 2.16. The molecule has 1 aromatic rings. The summed E-state index contributed by atoms with van der Waals surface area (Å²) in [5, 5.41) is 9.04. The number of carboxylic acid groups (broad SMARTS) is 1. The lowest BCUT2D eigenvalue weighted by Crippen LogP contribution is -2.26. The van der Waals surface area contributed by atoms with E-state index in [0.29, 0.717) is 23.5 Å². The molecule has 1 aromatic carbocycles. The molecule has 1 unspecified atom stereocenters. The molecule has 1 aliphatic heterocycles. The number of carbonyl (C=O) groups is 2. The second-order valence-corrected chi connectivity index (χ2v) is 4.59. The first-order valence-corrected chi connectivity index (χ1v) is 5.84. The van der Waals surface area contributed by atoms with Gasteiger partial charge in [-0.15, -0.1) is 12.3 Å². The lowest BCUT2D eigenvalue weighted by Gasteiger charge is -2.20. The Morgan fingerprint density at radius 1 is 1.58 bits per heavy atom. The number of carbonyl (C=O) groups excluding carboxylic acids is 1. The Morgan fingerprint density at radius 2 is 2.26 bits per heavy atom. The van der Waals surface area contributed by atoms with Crippen molar-refractivity contribution in [2.24, 2.45) is 5.92 Å². The maximum atomic E-state index is 11.9. The minimum Gasteiger partial charge on any atom is -0.478 e. The third-order valence-corrected chi connectivity index (χ3v) is 3.32. The molecule has 0 saturated carbocycles. The summed E-state index contributed by atoms with van der Waals surface area (Å²) in [5.74, 6) is 1.24. The maximum absolute atomic E-state index is 11.9. The van der Waals surface area contributed by atoms with Gasteiger partial charge >= 0.3 is 5.97 Å². The Balaban J connectivity index is 2.48. The van der Waals surface area contributed by atoms with Gasteiger partial charge in [0.15, 0.2) is 0 Å². The Hall–Kier alpha value is -2.48. The average Bonchev–Trinajstić information content (AvgIpc) is 2.73. The summed E-state index contributed by atoms with van der Waals surface area (Å²) in [7, 11) is 0. The van der Waals surface area contributed by atoms with Crippen LogP contribution in [0.3, 0.4) is 0 Å². The summed E-state index contributed by atoms with van der Waals surface area (Å²) < 4.78 is 0. The number of nitrogens with zero attached hydrogens (tertiary/aromatic N) is 1. The summed E-state index contributed by atoms with van der Waals surface area (Å²) in [6.07, 6.45) is 5.62. The minimum atomic E-state index is -1.08. The van der Waals surface area contributed by atoms with Crippen molar-refractivity contribution in [1.29, 1.82) is 0 Å². The van der Waals surface area contributed by atoms with Crippen LogP contribution in [0, 0.1) is 25.2 Å². The maximum Gasteiger partial charge on any atom is 0.335 e. The van der Waals surface area contributed by atoms with E-state index in [9.17, 15) is 9.59 Å². The molecular weight excluding hydrogens is 244 g/mol. The molecule has 5 nitrogen and oxygen atoms in total. The number of nitrogens with two attached hydrogens (primary N) is 1. The van der Waals surface area contributed by atoms with Crippen LogP contribution in [0.4, 0.5) is 11.4 Å². The molecule has 0 aliphatic carbocycles. The predicted octanol–water partition coefficient (Wildman–Crippen LogP) is 1.26. The summed E-state index contributed by atoms with van der Waals surface area (Å²) in [5.41, 5.74) is 7.43. The largest absolute Gasteiger partial charge is 0.478 e. The van der Waals surface area contributed by atoms with Gasteiger partial charge in [-0.1, -0.05) is 0 Å². The predicted molar refractivity (Wildman–Crippen MR) is 71.8 cm³/mol. The van der Waals surface area contributed by atoms with Crippen molar-refractivity contribution < 1.29 is 14.7 Å². The molecule has 3 N–H and O–H groups in total. The fraction of sp³-hybridized carbons (Fsp3) is 0.286. The van der Waals surface area contributed by atoms with Crippen molar-refractivity contribution in [2.45, 2.75) is 13.3 Å². The fourth-order valence-corrected chi connectivity index (χ4v) is 2.18. The van der Waals surface area contributed by atoms with E-state index >= 15 is 0 Å². The zero-order valence-corrected chi connectivity index (χ0v) is 10.5. The molecule has 98 valence electrons. The topological polar surface area (TPSA) is 83.6 Å². The average molecular weight is 258 g/mol. The fourth-order valence-electron chi connectivity index (χ4n) is 2.18. The van der Waals surface area contributed by atoms with Gasteiger partial charge in [-0.25, -0.2) is 4.79 Å². The highest BCUT2D eigenvalue weighted by Gasteiger charge is 2.31. The molecule has 1 amide bonds. The number of rotatable bonds is 2. The molecule has 1 aliphatic rings. The van der Waals surface area contributed by atoms with E-state index in [2.05, 4.69) is 5.92 Å². The number of terminal acetylenes is 1. The van der Waals surface area contributed by atoms with E-state index in [-0.39, 0.29) is 23.8 Å². The molecule has 2 rings (SSSR count). The lowest BCUT2D eigenvalue weighted by molar-refractivity contribution is -0.117. The normalized spacial score (nSPS) is 18.4. The molecule has 1 heterocycles. The molecule has 1 saturated heterocycles. The van der Waals surface area contributed by atoms with E-state index < -0.39 is 5.97 Å². The second-order valence-electron chi connectivity index (χ2n) is 4.59. The zero-order chi connectivity index (χ0) is 14.2. The van der Waals surface area contributed by atoms with Crippen LogP contribution in [-0.4, -0.2) is 23.5 Å². The highest BCUT2D eigenvalue weighted by atomic mass is 16.4. The molecule has 0 radical (unpaired) electrons. The molecule has 0 aromatic heterocycles. The first kappa shape index (κ1) is 13.0. The summed E-state index contributed by atoms with van der Waals surface area (Å²) >= 11 is 0. The van der Waals surface area contributed by atoms with Crippen LogP contribution in [0.25, 0.3) is 0 Å². The molecule has 1 atom stereocenters. The van der Waals surface area contributed by atoms with Gasteiger partial charge in [-0.3, -0.25) is 4.79 Å². The van der Waals surface area contributed by atoms with E-state index in [4.69, 9.17) is 17.3 Å². The Bertz CT molecular complexity index is 601. The van der Waals surface area contributed by atoms with Gasteiger partial charge in [-0.05, 0) is 24.6 Å². The van der Waals surface area contributed by atoms with Crippen LogP contribution in [0.2, 0.25) is 0 Å². The number of amides is 1. The molecule has 0 spiro atoms. The monoisotopic (exact) mass is 258 g/mol. The van der Waals surface area contributed by atoms with Gasteiger partial charge < -0.3 is 15.7 Å². The van der Waals surface area contributed by atoms with Crippen molar-refractivity contribution in [1.82, 2.24) is 0 Å². The number of anilines is 2. The molecule has 19 heavy (non-hydrogen) atoms. The van der Waals surface area contributed by atoms with Crippen molar-refractivity contribution in [3.8, 4) is 12.3 Å². The van der Waals surface area contributed by atoms with Crippen LogP contribution in [0.15, 0.2) is 12.1 Å². The number of benzene rings is 1. The third-order valence-electron chi connectivity index (χ3n) is 3.32. The van der Waals surface area contributed by atoms with E-state index in [1.807, 2.05) is 0 Å². The molecule has 5 heteroatoms. The highest BCUT2D eigenvalue weighted by Crippen LogP contribution is 2.31. The molecule has 1 fully saturated rings. The van der Waals surface area contributed by atoms with Crippen molar-refractivity contribution in [2.75, 3.05) is 17.2 Å². The van der Waals surface area contributed by atoms with Crippen LogP contribution >= 0.6 is 0 Å². The van der Waals surface area contributed by atoms with Gasteiger partial charge in [0.1, 0.15) is 0 Å². The van der Waals surface area contributed by atoms with E-state index in [1.54, 1.807) is 6.92 Å². The van der Waals surface area contributed by atoms with Crippen LogP contribution in [0.5, 0.6) is 0 Å². The number of hydrogen-bond donors (Lipinski definition) is 2. The number of hydrogen-bond acceptors (Lipinski definition) is 3. The van der Waals surface area contributed by atoms with Crippen molar-refractivity contribution in [3.05, 3.63) is 23.3 Å². The van der Waals surface area contributed by atoms with Crippen molar-refractivity contribution >= 4 is 23.3 Å². The highest BCUT2D eigenvalue weighted by molar-refractivity contribution is 5.99. The van der Waals surface area contributed by atoms with Crippen molar-refractivity contribution in [3.63, 3.8) is 0 Å². The van der Waals surface area contributed by atoms with Crippen LogP contribution in [0.1, 0.15) is 22.3 Å². The van der Waals surface area contributed by atoms with Gasteiger partial charge in [0.2, 0.25) is 5.91 Å². The Labute approximate surface area is 111 Å². The van der Waals surface area contributed by atoms with Crippen LogP contribution in [-0.2, 0) is 4.79 Å². The summed E-state index contributed by atoms with van der Waals surface area (Å²) in [6, 6.07) is 2.85. The quantitative estimate of drug-likeness (QED) is 0.618. The van der Waals surface area contributed by atoms with E-state index in [0.717, 1.165) is 0 Å². The van der Waals surface area contributed by atoms with Gasteiger partial charge in [-0.2, -0.15) is 0 Å². The molecule has 0 bridgehead atoms. The minimum absolute atomic E-state index is 0.0649. The number of carboxylic acids is 1. The zero-order valence-electron chi connectivity index (χ0n) is 10.5. The SMILES string of the molecule is C#CC1CC(=O)N(c2cc(C(=O)O)cc(N)c2C)C1. The first-order chi connectivity index (χ1) is 8.93. The Morgan fingerprint density at radius 3 is 2.79 bits per heavy atom. The standard InChI is InChI=1S/C14H14N2O3/c1-3-9-4-13(17)16(7-9)12-6-10(14(18)19)5-11(15)8(12)2/h1,5-6,9H,4,7,15H2,2H3,(H,18,19). The first-order valence-electron chi connectivity index (χ1n) is 5.84. The van der Waals surface area contributed by atoms with Gasteiger partial charge in [0.05, 0.1) is 5.56 Å². The van der Waals surface area contributed by atoms with Gasteiger partial charge in [0, 0.05) is 30.3 Å². The van der Waals surface area contributed by atoms with Crippen LogP contribution < -0.4 is 10.6 Å². The second kappa shape index (κ2) is 4.65. The lowest BCUT2D eigenvalue weighted by atomic mass is 10.1. The number of aromatic carboxylic acids is 1. The van der Waals surface area contributed by atoms with Gasteiger partial charge in [0.25, 0.3) is 0 Å². The smallest absolute Gasteiger partial charge is 0.335 e. The third kappa shape index (κ3) is 2.25. The number of nitrogen functional groups attached to an aromatic ring is 1. The summed E-state index contributed by atoms with van der Waals surface area (Å²) in [4.78, 5) is 24.5. The molecular formula is C14H14N2O3.